The zero-order valence-electron chi connectivity index (χ0n) is 18.0. The topological polar surface area (TPSA) is 102 Å². The predicted molar refractivity (Wildman–Crippen MR) is 122 cm³/mol. The highest BCUT2D eigenvalue weighted by Gasteiger charge is 2.28. The summed E-state index contributed by atoms with van der Waals surface area (Å²) in [5.74, 6) is -2.16. The van der Waals surface area contributed by atoms with E-state index in [9.17, 15) is 38.4 Å². The molecule has 0 unspecified atom stereocenters. The van der Waals surface area contributed by atoms with Crippen LogP contribution in [0.4, 0.5) is 13.2 Å². The fourth-order valence-corrected chi connectivity index (χ4v) is 7.48. The van der Waals surface area contributed by atoms with Gasteiger partial charge in [0, 0.05) is 0 Å². The van der Waals surface area contributed by atoms with Crippen LogP contribution in [0.2, 0.25) is 0 Å². The van der Waals surface area contributed by atoms with Crippen LogP contribution in [-0.2, 0) is 29.5 Å². The molecule has 0 N–H and O–H groups in total. The van der Waals surface area contributed by atoms with Gasteiger partial charge in [-0.3, -0.25) is 0 Å². The summed E-state index contributed by atoms with van der Waals surface area (Å²) in [5, 5.41) is 0. The summed E-state index contributed by atoms with van der Waals surface area (Å²) in [6.45, 7) is 0. The van der Waals surface area contributed by atoms with Crippen LogP contribution < -0.4 is 0 Å². The van der Waals surface area contributed by atoms with Gasteiger partial charge in [-0.2, -0.15) is 0 Å². The largest absolute Gasteiger partial charge is 0.219 e. The smallest absolute Gasteiger partial charge is 0.206 e. The van der Waals surface area contributed by atoms with Crippen molar-refractivity contribution in [3.05, 3.63) is 108 Å². The molecule has 6 nitrogen and oxygen atoms in total. The van der Waals surface area contributed by atoms with E-state index >= 15 is 0 Å². The molecule has 12 heteroatoms. The van der Waals surface area contributed by atoms with Crippen LogP contribution in [0.25, 0.3) is 0 Å². The van der Waals surface area contributed by atoms with E-state index in [2.05, 4.69) is 0 Å². The van der Waals surface area contributed by atoms with Crippen LogP contribution in [0, 0.1) is 17.5 Å². The van der Waals surface area contributed by atoms with Crippen molar-refractivity contribution in [3.63, 3.8) is 0 Å². The second kappa shape index (κ2) is 9.19. The summed E-state index contributed by atoms with van der Waals surface area (Å²) in [6.07, 6.45) is 0. The minimum absolute atomic E-state index is 0.412. The molecular formula is C24H15F3O6S3. The fraction of sp³-hybridized carbons (Fsp3) is 0. The van der Waals surface area contributed by atoms with E-state index in [0.29, 0.717) is 0 Å². The van der Waals surface area contributed by atoms with Crippen molar-refractivity contribution in [2.24, 2.45) is 0 Å². The van der Waals surface area contributed by atoms with Crippen molar-refractivity contribution in [1.29, 1.82) is 0 Å². The van der Waals surface area contributed by atoms with Crippen LogP contribution in [0.1, 0.15) is 0 Å². The van der Waals surface area contributed by atoms with Crippen molar-refractivity contribution in [2.75, 3.05) is 0 Å². The first-order valence-electron chi connectivity index (χ1n) is 9.99. The number of hydrogen-bond acceptors (Lipinski definition) is 6. The molecule has 0 fully saturated rings. The summed E-state index contributed by atoms with van der Waals surface area (Å²) in [4.78, 5) is -3.32. The second-order valence-electron chi connectivity index (χ2n) is 7.51. The minimum atomic E-state index is -4.51. The Kier molecular flexibility index (Phi) is 6.54. The summed E-state index contributed by atoms with van der Waals surface area (Å²) < 4.78 is 120. The van der Waals surface area contributed by atoms with E-state index in [4.69, 9.17) is 0 Å². The maximum atomic E-state index is 13.3. The maximum absolute atomic E-state index is 13.3. The van der Waals surface area contributed by atoms with Gasteiger partial charge in [-0.1, -0.05) is 0 Å². The molecular weight excluding hydrogens is 537 g/mol. The Morgan fingerprint density at radius 2 is 0.528 bits per heavy atom. The number of halogens is 3. The van der Waals surface area contributed by atoms with E-state index in [1.165, 1.54) is 0 Å². The number of sulfone groups is 3. The first-order chi connectivity index (χ1) is 16.8. The average Bonchev–Trinajstić information content (AvgIpc) is 2.84. The molecule has 0 amide bonds. The van der Waals surface area contributed by atoms with Crippen molar-refractivity contribution < 1.29 is 38.4 Å². The van der Waals surface area contributed by atoms with Gasteiger partial charge < -0.3 is 0 Å². The fourth-order valence-electron chi connectivity index (χ4n) is 3.26. The Bertz CT molecular complexity index is 1540. The Labute approximate surface area is 205 Å². The van der Waals surface area contributed by atoms with Gasteiger partial charge in [-0.05, 0) is 91.0 Å². The van der Waals surface area contributed by atoms with Crippen molar-refractivity contribution in [2.45, 2.75) is 29.4 Å². The molecule has 0 saturated carbocycles. The predicted octanol–water partition coefficient (Wildman–Crippen LogP) is 4.60. The van der Waals surface area contributed by atoms with Crippen molar-refractivity contribution in [3.8, 4) is 0 Å². The molecule has 0 spiro atoms. The molecule has 0 heterocycles. The zero-order chi connectivity index (χ0) is 26.3. The average molecular weight is 553 g/mol. The van der Waals surface area contributed by atoms with Gasteiger partial charge in [0.15, 0.2) is 0 Å². The molecule has 0 saturated heterocycles. The van der Waals surface area contributed by atoms with Gasteiger partial charge in [-0.15, -0.1) is 0 Å². The first kappa shape index (κ1) is 25.6. The van der Waals surface area contributed by atoms with Gasteiger partial charge in [-0.25, -0.2) is 38.4 Å². The van der Waals surface area contributed by atoms with Gasteiger partial charge in [0.25, 0.3) is 0 Å². The molecule has 0 aliphatic rings. The molecule has 0 aliphatic carbocycles. The van der Waals surface area contributed by atoms with Gasteiger partial charge in [0.1, 0.15) is 17.5 Å². The van der Waals surface area contributed by atoms with Gasteiger partial charge in [0.05, 0.1) is 29.4 Å². The minimum Gasteiger partial charge on any atom is -0.219 e. The summed E-state index contributed by atoms with van der Waals surface area (Å²) in [5.41, 5.74) is 0. The second-order valence-corrected chi connectivity index (χ2v) is 13.4. The highest BCUT2D eigenvalue weighted by atomic mass is 32.2. The summed E-state index contributed by atoms with van der Waals surface area (Å²) in [6, 6.07) is 13.2. The van der Waals surface area contributed by atoms with Crippen molar-refractivity contribution in [1.82, 2.24) is 0 Å². The molecule has 36 heavy (non-hydrogen) atoms. The number of rotatable bonds is 6. The number of hydrogen-bond donors (Lipinski definition) is 0. The van der Waals surface area contributed by atoms with E-state index < -0.39 is 76.3 Å². The summed E-state index contributed by atoms with van der Waals surface area (Å²) in [7, 11) is -13.5. The van der Waals surface area contributed by atoms with Crippen LogP contribution in [0.15, 0.2) is 120 Å². The monoisotopic (exact) mass is 552 g/mol. The quantitative estimate of drug-likeness (QED) is 0.324. The molecule has 186 valence electrons. The molecule has 4 aromatic rings. The Balaban J connectivity index is 1.99. The van der Waals surface area contributed by atoms with Gasteiger partial charge in [0.2, 0.25) is 29.5 Å². The molecule has 4 rings (SSSR count). The highest BCUT2D eigenvalue weighted by molar-refractivity contribution is 7.93. The lowest BCUT2D eigenvalue weighted by Gasteiger charge is -2.13. The molecule has 0 atom stereocenters. The lowest BCUT2D eigenvalue weighted by molar-refractivity contribution is 0.591. The molecule has 4 aromatic carbocycles. The van der Waals surface area contributed by atoms with Crippen LogP contribution in [0.5, 0.6) is 0 Å². The Morgan fingerprint density at radius 3 is 0.722 bits per heavy atom. The van der Waals surface area contributed by atoms with Gasteiger partial charge >= 0.3 is 0 Å². The molecule has 0 radical (unpaired) electrons. The zero-order valence-corrected chi connectivity index (χ0v) is 20.4. The van der Waals surface area contributed by atoms with E-state index in [1.54, 1.807) is 0 Å². The van der Waals surface area contributed by atoms with E-state index in [-0.39, 0.29) is 0 Å². The van der Waals surface area contributed by atoms with Crippen LogP contribution in [-0.4, -0.2) is 25.3 Å². The summed E-state index contributed by atoms with van der Waals surface area (Å²) >= 11 is 0. The SMILES string of the molecule is O=S(=O)(c1ccc(F)cc1)c1cc(S(=O)(=O)c2ccc(F)cc2)cc(S(=O)(=O)c2ccc(F)cc2)c1. The normalized spacial score (nSPS) is 12.4. The third-order valence-electron chi connectivity index (χ3n) is 5.16. The standard InChI is InChI=1S/C24H15F3O6S3/c25-16-1-7-19(8-2-16)34(28,29)22-13-23(35(30,31)20-9-3-17(26)4-10-20)15-24(14-22)36(32,33)21-11-5-18(27)6-12-21/h1-15H. The molecule has 0 aliphatic heterocycles. The Hall–Kier alpha value is -3.48. The molecule has 0 bridgehead atoms. The third kappa shape index (κ3) is 4.79. The first-order valence-corrected chi connectivity index (χ1v) is 14.4. The number of benzene rings is 4. The molecule has 0 aromatic heterocycles. The van der Waals surface area contributed by atoms with Crippen LogP contribution in [0.3, 0.4) is 0 Å². The van der Waals surface area contributed by atoms with E-state index in [0.717, 1.165) is 91.0 Å². The van der Waals surface area contributed by atoms with Crippen LogP contribution >= 0.6 is 0 Å². The maximum Gasteiger partial charge on any atom is 0.206 e. The van der Waals surface area contributed by atoms with E-state index in [1.807, 2.05) is 0 Å². The van der Waals surface area contributed by atoms with Crippen molar-refractivity contribution >= 4 is 29.5 Å². The third-order valence-corrected chi connectivity index (χ3v) is 10.4. The lowest BCUT2D eigenvalue weighted by atomic mass is 10.3. The Morgan fingerprint density at radius 1 is 0.333 bits per heavy atom. The lowest BCUT2D eigenvalue weighted by Crippen LogP contribution is -2.10. The highest BCUT2D eigenvalue weighted by Crippen LogP contribution is 2.32.